The molecule has 2 unspecified atom stereocenters. The highest BCUT2D eigenvalue weighted by Crippen LogP contribution is 2.28. The van der Waals surface area contributed by atoms with Crippen molar-refractivity contribution in [1.29, 1.82) is 0 Å². The van der Waals surface area contributed by atoms with Crippen molar-refractivity contribution in [2.75, 3.05) is 0 Å². The average Bonchev–Trinajstić information content (AvgIpc) is 2.15. The van der Waals surface area contributed by atoms with Crippen molar-refractivity contribution >= 4 is 0 Å². The Labute approximate surface area is 79.2 Å². The van der Waals surface area contributed by atoms with Crippen LogP contribution < -0.4 is 5.73 Å². The number of halogens is 3. The Morgan fingerprint density at radius 2 is 1.64 bits per heavy atom. The first kappa shape index (κ1) is 11.0. The van der Waals surface area contributed by atoms with Gasteiger partial charge in [-0.25, -0.2) is 0 Å². The molecule has 0 radical (unpaired) electrons. The van der Waals surface area contributed by atoms with E-state index in [-0.39, 0.29) is 5.56 Å². The van der Waals surface area contributed by atoms with Crippen molar-refractivity contribution in [3.63, 3.8) is 0 Å². The zero-order valence-corrected chi connectivity index (χ0v) is 7.20. The SMILES string of the molecule is NC(C(O)c1ccccc1)C(F)(F)F. The molecule has 1 rings (SSSR count). The number of nitrogens with two attached hydrogens (primary N) is 1. The molecule has 0 saturated carbocycles. The summed E-state index contributed by atoms with van der Waals surface area (Å²) < 4.78 is 36.3. The molecule has 2 nitrogen and oxygen atoms in total. The van der Waals surface area contributed by atoms with Crippen molar-refractivity contribution in [2.45, 2.75) is 18.3 Å². The van der Waals surface area contributed by atoms with Gasteiger partial charge >= 0.3 is 6.18 Å². The van der Waals surface area contributed by atoms with Crippen LogP contribution in [0.1, 0.15) is 11.7 Å². The van der Waals surface area contributed by atoms with E-state index in [1.165, 1.54) is 12.1 Å². The Morgan fingerprint density at radius 1 is 1.14 bits per heavy atom. The van der Waals surface area contributed by atoms with Crippen molar-refractivity contribution in [3.8, 4) is 0 Å². The molecule has 0 aromatic heterocycles. The molecule has 0 spiro atoms. The molecule has 78 valence electrons. The summed E-state index contributed by atoms with van der Waals surface area (Å²) in [6.07, 6.45) is -6.30. The van der Waals surface area contributed by atoms with Crippen LogP contribution in [-0.2, 0) is 0 Å². The smallest absolute Gasteiger partial charge is 0.386 e. The predicted molar refractivity (Wildman–Crippen MR) is 45.4 cm³/mol. The monoisotopic (exact) mass is 205 g/mol. The van der Waals surface area contributed by atoms with Crippen LogP contribution in [0.4, 0.5) is 13.2 Å². The van der Waals surface area contributed by atoms with Crippen LogP contribution in [0.3, 0.4) is 0 Å². The van der Waals surface area contributed by atoms with Gasteiger partial charge in [0.2, 0.25) is 0 Å². The molecule has 0 aliphatic carbocycles. The molecule has 0 aliphatic heterocycles. The number of rotatable bonds is 2. The maximum absolute atomic E-state index is 12.1. The van der Waals surface area contributed by atoms with Gasteiger partial charge in [0.15, 0.2) is 0 Å². The van der Waals surface area contributed by atoms with Crippen LogP contribution in [0.15, 0.2) is 30.3 Å². The van der Waals surface area contributed by atoms with Crippen LogP contribution in [-0.4, -0.2) is 17.3 Å². The maximum Gasteiger partial charge on any atom is 0.406 e. The third kappa shape index (κ3) is 2.46. The summed E-state index contributed by atoms with van der Waals surface area (Å²) in [6.45, 7) is 0. The number of benzene rings is 1. The summed E-state index contributed by atoms with van der Waals surface area (Å²) in [5, 5.41) is 9.28. The van der Waals surface area contributed by atoms with Crippen LogP contribution in [0.25, 0.3) is 0 Å². The topological polar surface area (TPSA) is 46.2 Å². The molecule has 0 heterocycles. The van der Waals surface area contributed by atoms with Gasteiger partial charge in [-0.1, -0.05) is 30.3 Å². The standard InChI is InChI=1S/C9H10F3NO/c10-9(11,12)8(13)7(14)6-4-2-1-3-5-6/h1-5,7-8,14H,13H2. The molecule has 0 fully saturated rings. The van der Waals surface area contributed by atoms with Gasteiger partial charge in [-0.05, 0) is 5.56 Å². The largest absolute Gasteiger partial charge is 0.406 e. The van der Waals surface area contributed by atoms with Gasteiger partial charge in [0.25, 0.3) is 0 Å². The van der Waals surface area contributed by atoms with Gasteiger partial charge in [-0.15, -0.1) is 0 Å². The second-order valence-corrected chi connectivity index (χ2v) is 2.92. The minimum absolute atomic E-state index is 0.164. The lowest BCUT2D eigenvalue weighted by atomic mass is 10.0. The Balaban J connectivity index is 2.81. The summed E-state index contributed by atoms with van der Waals surface area (Å²) in [6, 6.07) is 5.29. The fourth-order valence-electron chi connectivity index (χ4n) is 1.04. The van der Waals surface area contributed by atoms with E-state index in [0.717, 1.165) is 0 Å². The summed E-state index contributed by atoms with van der Waals surface area (Å²) >= 11 is 0. The quantitative estimate of drug-likeness (QED) is 0.770. The summed E-state index contributed by atoms with van der Waals surface area (Å²) in [5.74, 6) is 0. The first-order chi connectivity index (χ1) is 6.43. The first-order valence-electron chi connectivity index (χ1n) is 3.98. The van der Waals surface area contributed by atoms with E-state index in [1.807, 2.05) is 0 Å². The summed E-state index contributed by atoms with van der Waals surface area (Å²) in [7, 11) is 0. The molecule has 0 bridgehead atoms. The molecule has 2 atom stereocenters. The van der Waals surface area contributed by atoms with Crippen molar-refractivity contribution in [3.05, 3.63) is 35.9 Å². The van der Waals surface area contributed by atoms with Gasteiger partial charge in [-0.2, -0.15) is 13.2 Å². The molecular weight excluding hydrogens is 195 g/mol. The van der Waals surface area contributed by atoms with Gasteiger partial charge < -0.3 is 10.8 Å². The van der Waals surface area contributed by atoms with Crippen molar-refractivity contribution in [1.82, 2.24) is 0 Å². The van der Waals surface area contributed by atoms with E-state index in [4.69, 9.17) is 5.73 Å². The van der Waals surface area contributed by atoms with Gasteiger partial charge in [-0.3, -0.25) is 0 Å². The van der Waals surface area contributed by atoms with Gasteiger partial charge in [0, 0.05) is 0 Å². The maximum atomic E-state index is 12.1. The molecular formula is C9H10F3NO. The molecule has 1 aromatic rings. The highest BCUT2D eigenvalue weighted by atomic mass is 19.4. The zero-order chi connectivity index (χ0) is 10.8. The van der Waals surface area contributed by atoms with Gasteiger partial charge in [0.05, 0.1) is 0 Å². The fourth-order valence-corrected chi connectivity index (χ4v) is 1.04. The molecule has 3 N–H and O–H groups in total. The van der Waals surface area contributed by atoms with E-state index < -0.39 is 18.3 Å². The first-order valence-corrected chi connectivity index (χ1v) is 3.98. The minimum Gasteiger partial charge on any atom is -0.386 e. The number of hydrogen-bond donors (Lipinski definition) is 2. The normalized spacial score (nSPS) is 16.4. The zero-order valence-electron chi connectivity index (χ0n) is 7.20. The third-order valence-corrected chi connectivity index (χ3v) is 1.86. The molecule has 0 aliphatic rings. The van der Waals surface area contributed by atoms with Crippen molar-refractivity contribution < 1.29 is 18.3 Å². The van der Waals surface area contributed by atoms with E-state index in [9.17, 15) is 18.3 Å². The van der Waals surface area contributed by atoms with Gasteiger partial charge in [0.1, 0.15) is 12.1 Å². The summed E-state index contributed by atoms with van der Waals surface area (Å²) in [4.78, 5) is 0. The lowest BCUT2D eigenvalue weighted by molar-refractivity contribution is -0.169. The Kier molecular flexibility index (Phi) is 3.13. The Hall–Kier alpha value is -1.07. The van der Waals surface area contributed by atoms with Crippen LogP contribution in [0, 0.1) is 0 Å². The number of aliphatic hydroxyl groups is 1. The number of aliphatic hydroxyl groups excluding tert-OH is 1. The van der Waals surface area contributed by atoms with E-state index >= 15 is 0 Å². The third-order valence-electron chi connectivity index (χ3n) is 1.86. The number of alkyl halides is 3. The van der Waals surface area contributed by atoms with Crippen LogP contribution in [0.5, 0.6) is 0 Å². The Bertz CT molecular complexity index is 286. The Morgan fingerprint density at radius 3 is 2.07 bits per heavy atom. The summed E-state index contributed by atoms with van der Waals surface area (Å²) in [5.41, 5.74) is 5.02. The second kappa shape index (κ2) is 3.98. The minimum atomic E-state index is -4.59. The highest BCUT2D eigenvalue weighted by Gasteiger charge is 2.41. The van der Waals surface area contributed by atoms with E-state index in [0.29, 0.717) is 0 Å². The molecule has 0 amide bonds. The van der Waals surface area contributed by atoms with Crippen molar-refractivity contribution in [2.24, 2.45) is 5.73 Å². The van der Waals surface area contributed by atoms with Crippen LogP contribution >= 0.6 is 0 Å². The molecule has 5 heteroatoms. The lowest BCUT2D eigenvalue weighted by Crippen LogP contribution is -2.42. The number of hydrogen-bond acceptors (Lipinski definition) is 2. The fraction of sp³-hybridized carbons (Fsp3) is 0.333. The molecule has 14 heavy (non-hydrogen) atoms. The average molecular weight is 205 g/mol. The highest BCUT2D eigenvalue weighted by molar-refractivity contribution is 5.19. The second-order valence-electron chi connectivity index (χ2n) is 2.92. The van der Waals surface area contributed by atoms with Crippen LogP contribution in [0.2, 0.25) is 0 Å². The predicted octanol–water partition coefficient (Wildman–Crippen LogP) is 1.61. The molecule has 1 aromatic carbocycles. The van der Waals surface area contributed by atoms with E-state index in [1.54, 1.807) is 18.2 Å². The lowest BCUT2D eigenvalue weighted by Gasteiger charge is -2.21. The molecule has 0 saturated heterocycles. The van der Waals surface area contributed by atoms with E-state index in [2.05, 4.69) is 0 Å².